The standard InChI is InChI=1S/C39H50N4O7S/c1-40(2)29-9-11-33-35(27-29)50-36-28-30(41(3)4)10-12-34(36)38(33)31-7-5-6-8-32(31)39(45)43-16-14-42(15-17-43)37(44)13-18-46-19-20-47-21-22-48-23-24-49-25-26-51/h5-12,27-28H,13-26H2,1-4H3. The van der Waals surface area contributed by atoms with Crippen LogP contribution >= 0.6 is 0 Å². The summed E-state index contributed by atoms with van der Waals surface area (Å²) in [6, 6.07) is 20.2. The summed E-state index contributed by atoms with van der Waals surface area (Å²) >= 11 is 4.82. The van der Waals surface area contributed by atoms with Crippen LogP contribution in [0.4, 0.5) is 5.69 Å². The Morgan fingerprint density at radius 2 is 1.39 bits per heavy atom. The molecule has 1 aliphatic carbocycles. The molecule has 0 N–H and O–H groups in total. The third kappa shape index (κ3) is 10.1. The van der Waals surface area contributed by atoms with Gasteiger partial charge in [-0.15, -0.1) is 0 Å². The van der Waals surface area contributed by atoms with E-state index in [2.05, 4.69) is 24.3 Å². The smallest absolute Gasteiger partial charge is 0.254 e. The molecule has 1 saturated heterocycles. The fraction of sp³-hybridized carbons (Fsp3) is 0.462. The average Bonchev–Trinajstić information content (AvgIpc) is 3.14. The van der Waals surface area contributed by atoms with Crippen molar-refractivity contribution in [2.45, 2.75) is 6.42 Å². The maximum atomic E-state index is 14.2. The molecule has 3 aliphatic rings. The molecule has 5 rings (SSSR count). The van der Waals surface area contributed by atoms with E-state index in [0.717, 1.165) is 44.5 Å². The molecular weight excluding hydrogens is 669 g/mol. The molecule has 0 saturated carbocycles. The van der Waals surface area contributed by atoms with Crippen LogP contribution in [-0.2, 0) is 36.4 Å². The highest BCUT2D eigenvalue weighted by molar-refractivity contribution is 7.58. The van der Waals surface area contributed by atoms with Crippen molar-refractivity contribution >= 4 is 41.1 Å². The third-order valence-electron chi connectivity index (χ3n) is 8.87. The first-order valence-corrected chi connectivity index (χ1v) is 18.1. The fourth-order valence-electron chi connectivity index (χ4n) is 6.07. The predicted molar refractivity (Wildman–Crippen MR) is 202 cm³/mol. The van der Waals surface area contributed by atoms with Gasteiger partial charge in [0.25, 0.3) is 5.91 Å². The van der Waals surface area contributed by atoms with E-state index < -0.39 is 0 Å². The molecule has 2 heterocycles. The molecule has 2 aromatic rings. The van der Waals surface area contributed by atoms with Gasteiger partial charge in [0, 0.05) is 86.8 Å². The summed E-state index contributed by atoms with van der Waals surface area (Å²) < 4.78 is 30.4. The summed E-state index contributed by atoms with van der Waals surface area (Å²) in [7, 11) is 8.01. The molecule has 12 heteroatoms. The number of hydrogen-bond donors (Lipinski definition) is 0. The second-order valence-corrected chi connectivity index (χ2v) is 13.2. The largest absolute Gasteiger partial charge is 0.790 e. The highest BCUT2D eigenvalue weighted by Gasteiger charge is 2.28. The van der Waals surface area contributed by atoms with Gasteiger partial charge >= 0.3 is 0 Å². The van der Waals surface area contributed by atoms with Crippen molar-refractivity contribution in [1.82, 2.24) is 14.4 Å². The van der Waals surface area contributed by atoms with Gasteiger partial charge in [0.05, 0.1) is 58.7 Å². The third-order valence-corrected chi connectivity index (χ3v) is 9.04. The number of carbonyl (C=O) groups excluding carboxylic acids is 2. The maximum absolute atomic E-state index is 14.2. The first kappa shape index (κ1) is 38.3. The summed E-state index contributed by atoms with van der Waals surface area (Å²) in [6.45, 7) is 5.61. The van der Waals surface area contributed by atoms with Gasteiger partial charge in [0.15, 0.2) is 0 Å². The lowest BCUT2D eigenvalue weighted by Gasteiger charge is -2.35. The van der Waals surface area contributed by atoms with Crippen LogP contribution in [0.2, 0.25) is 0 Å². The predicted octanol–water partition coefficient (Wildman–Crippen LogP) is 3.59. The van der Waals surface area contributed by atoms with Crippen molar-refractivity contribution in [1.29, 1.82) is 0 Å². The van der Waals surface area contributed by atoms with Gasteiger partial charge in [-0.25, -0.2) is 4.58 Å². The van der Waals surface area contributed by atoms with E-state index in [0.29, 0.717) is 90.4 Å². The molecule has 0 atom stereocenters. The number of amides is 2. The summed E-state index contributed by atoms with van der Waals surface area (Å²) in [6.07, 6.45) is 0.286. The quantitative estimate of drug-likeness (QED) is 0.0703. The SMILES string of the molecule is CN(C)c1ccc2c(-c3ccccc3C(=O)N3CCN(C(=O)CCOCCOCCOCCOCC[S-])CC3)c3ccc(=[N+](C)C)cc-3oc2c1. The highest BCUT2D eigenvalue weighted by atomic mass is 32.1. The Kier molecular flexibility index (Phi) is 14.3. The monoisotopic (exact) mass is 718 g/mol. The molecule has 1 fully saturated rings. The van der Waals surface area contributed by atoms with Crippen LogP contribution in [0.5, 0.6) is 0 Å². The van der Waals surface area contributed by atoms with Crippen LogP contribution in [0, 0.1) is 0 Å². The Balaban J connectivity index is 1.19. The Morgan fingerprint density at radius 1 is 0.765 bits per heavy atom. The highest BCUT2D eigenvalue weighted by Crippen LogP contribution is 2.42. The Hall–Kier alpha value is -3.94. The van der Waals surface area contributed by atoms with Crippen molar-refractivity contribution < 1.29 is 33.0 Å². The zero-order valence-corrected chi connectivity index (χ0v) is 31.0. The lowest BCUT2D eigenvalue weighted by molar-refractivity contribution is -0.134. The van der Waals surface area contributed by atoms with E-state index in [1.54, 1.807) is 0 Å². The minimum atomic E-state index is -0.0518. The zero-order valence-electron chi connectivity index (χ0n) is 30.2. The van der Waals surface area contributed by atoms with Crippen molar-refractivity contribution in [2.75, 3.05) is 118 Å². The van der Waals surface area contributed by atoms with E-state index in [-0.39, 0.29) is 18.2 Å². The van der Waals surface area contributed by atoms with Gasteiger partial charge in [-0.05, 0) is 29.8 Å². The number of ether oxygens (including phenoxy) is 4. The number of rotatable bonds is 17. The second kappa shape index (κ2) is 19.1. The Labute approximate surface area is 306 Å². The van der Waals surface area contributed by atoms with Gasteiger partial charge in [-0.1, -0.05) is 18.2 Å². The lowest BCUT2D eigenvalue weighted by atomic mass is 9.90. The summed E-state index contributed by atoms with van der Waals surface area (Å²) in [5.41, 5.74) is 5.14. The molecule has 0 aromatic heterocycles. The summed E-state index contributed by atoms with van der Waals surface area (Å²) in [5.74, 6) is 1.30. The minimum absolute atomic E-state index is 0.0234. The number of hydrogen-bond acceptors (Lipinski definition) is 9. The van der Waals surface area contributed by atoms with Crippen LogP contribution in [0.25, 0.3) is 33.4 Å². The molecule has 11 nitrogen and oxygen atoms in total. The first-order chi connectivity index (χ1) is 24.8. The molecule has 2 aliphatic heterocycles. The van der Waals surface area contributed by atoms with Gasteiger partial charge < -0.3 is 50.7 Å². The molecule has 2 amide bonds. The molecule has 0 spiro atoms. The average molecular weight is 719 g/mol. The molecule has 0 radical (unpaired) electrons. The van der Waals surface area contributed by atoms with Crippen molar-refractivity contribution in [3.8, 4) is 22.5 Å². The molecule has 0 bridgehead atoms. The number of piperazine rings is 1. The molecule has 0 unspecified atom stereocenters. The van der Waals surface area contributed by atoms with Crippen LogP contribution in [0.15, 0.2) is 65.1 Å². The topological polar surface area (TPSA) is 96.9 Å². The van der Waals surface area contributed by atoms with E-state index in [1.165, 1.54) is 0 Å². The van der Waals surface area contributed by atoms with E-state index in [4.69, 9.17) is 36.0 Å². The van der Waals surface area contributed by atoms with Crippen molar-refractivity contribution in [3.63, 3.8) is 0 Å². The van der Waals surface area contributed by atoms with Crippen LogP contribution in [-0.4, -0.2) is 135 Å². The van der Waals surface area contributed by atoms with Crippen molar-refractivity contribution in [2.24, 2.45) is 0 Å². The molecular formula is C39H50N4O7S. The van der Waals surface area contributed by atoms with Gasteiger partial charge in [-0.3, -0.25) is 9.59 Å². The molecule has 51 heavy (non-hydrogen) atoms. The lowest BCUT2D eigenvalue weighted by Crippen LogP contribution is -2.50. The molecule has 274 valence electrons. The fourth-order valence-corrected chi connectivity index (χ4v) is 6.19. The van der Waals surface area contributed by atoms with Crippen LogP contribution < -0.4 is 14.8 Å². The van der Waals surface area contributed by atoms with E-state index >= 15 is 0 Å². The van der Waals surface area contributed by atoms with Gasteiger partial charge in [-0.2, -0.15) is 5.75 Å². The van der Waals surface area contributed by atoms with E-state index in [9.17, 15) is 9.59 Å². The normalized spacial score (nSPS) is 13.3. The van der Waals surface area contributed by atoms with Crippen LogP contribution in [0.1, 0.15) is 16.8 Å². The summed E-state index contributed by atoms with van der Waals surface area (Å²) in [5, 5.41) is 1.96. The molecule has 2 aromatic carbocycles. The Morgan fingerprint density at radius 3 is 2.04 bits per heavy atom. The number of carbonyl (C=O) groups is 2. The number of benzene rings is 3. The minimum Gasteiger partial charge on any atom is -0.790 e. The summed E-state index contributed by atoms with van der Waals surface area (Å²) in [4.78, 5) is 32.8. The first-order valence-electron chi connectivity index (χ1n) is 17.5. The number of anilines is 1. The van der Waals surface area contributed by atoms with Crippen molar-refractivity contribution in [3.05, 3.63) is 71.6 Å². The van der Waals surface area contributed by atoms with E-state index in [1.807, 2.05) is 83.9 Å². The number of fused-ring (bicyclic) bond motifs is 2. The Bertz CT molecular complexity index is 1800. The maximum Gasteiger partial charge on any atom is 0.254 e. The van der Waals surface area contributed by atoms with Crippen LogP contribution in [0.3, 0.4) is 0 Å². The zero-order chi connectivity index (χ0) is 36.2. The second-order valence-electron chi connectivity index (χ2n) is 12.7. The van der Waals surface area contributed by atoms with Gasteiger partial charge in [0.1, 0.15) is 25.4 Å². The van der Waals surface area contributed by atoms with Gasteiger partial charge in [0.2, 0.25) is 11.3 Å². The number of nitrogens with zero attached hydrogens (tertiary/aromatic N) is 4.